The first-order valence-corrected chi connectivity index (χ1v) is 6.29. The second-order valence-electron chi connectivity index (χ2n) is 5.26. The molecule has 1 aliphatic rings. The molecule has 1 saturated carbocycles. The third-order valence-corrected chi connectivity index (χ3v) is 3.15. The molecule has 18 heavy (non-hydrogen) atoms. The van der Waals surface area contributed by atoms with Crippen molar-refractivity contribution in [2.24, 2.45) is 17.8 Å². The molecule has 1 N–H and O–H groups in total. The average Bonchev–Trinajstić information content (AvgIpc) is 2.27. The van der Waals surface area contributed by atoms with E-state index in [1.54, 1.807) is 0 Å². The average molecular weight is 267 g/mol. The molecule has 0 atom stereocenters. The van der Waals surface area contributed by atoms with E-state index < -0.39 is 12.1 Å². The van der Waals surface area contributed by atoms with Crippen LogP contribution in [0.15, 0.2) is 0 Å². The van der Waals surface area contributed by atoms with Crippen molar-refractivity contribution in [1.29, 1.82) is 0 Å². The van der Waals surface area contributed by atoms with Crippen molar-refractivity contribution in [3.05, 3.63) is 0 Å². The zero-order valence-electron chi connectivity index (χ0n) is 10.7. The lowest BCUT2D eigenvalue weighted by Gasteiger charge is -2.28. The Morgan fingerprint density at radius 2 is 1.83 bits per heavy atom. The van der Waals surface area contributed by atoms with Gasteiger partial charge in [-0.05, 0) is 31.6 Å². The molecule has 0 radical (unpaired) electrons. The molecule has 1 amide bonds. The molecule has 0 bridgehead atoms. The van der Waals surface area contributed by atoms with Crippen LogP contribution in [-0.4, -0.2) is 18.7 Å². The van der Waals surface area contributed by atoms with Crippen LogP contribution in [0.25, 0.3) is 0 Å². The standard InChI is InChI=1S/C12H20F3NO2/c1-8(2)7-18-16-11(17)9-3-5-10(6-4-9)12(13,14)15/h8-10H,3-7H2,1-2H3,(H,16,17). The Hall–Kier alpha value is -0.780. The van der Waals surface area contributed by atoms with Crippen LogP contribution in [0.2, 0.25) is 0 Å². The van der Waals surface area contributed by atoms with Gasteiger partial charge in [0.2, 0.25) is 5.91 Å². The summed E-state index contributed by atoms with van der Waals surface area (Å²) in [5.41, 5.74) is 2.32. The van der Waals surface area contributed by atoms with Crippen molar-refractivity contribution < 1.29 is 22.8 Å². The van der Waals surface area contributed by atoms with Crippen LogP contribution in [0, 0.1) is 17.8 Å². The van der Waals surface area contributed by atoms with E-state index in [0.717, 1.165) is 0 Å². The first-order chi connectivity index (χ1) is 8.30. The van der Waals surface area contributed by atoms with Crippen LogP contribution in [-0.2, 0) is 9.63 Å². The number of hydrogen-bond acceptors (Lipinski definition) is 2. The minimum Gasteiger partial charge on any atom is -0.273 e. The Labute approximate surface area is 105 Å². The Balaban J connectivity index is 2.28. The van der Waals surface area contributed by atoms with Crippen molar-refractivity contribution in [2.75, 3.05) is 6.61 Å². The van der Waals surface area contributed by atoms with E-state index in [0.29, 0.717) is 12.5 Å². The number of carbonyl (C=O) groups is 1. The first-order valence-electron chi connectivity index (χ1n) is 6.29. The van der Waals surface area contributed by atoms with Crippen molar-refractivity contribution in [2.45, 2.75) is 45.7 Å². The molecule has 106 valence electrons. The molecule has 0 spiro atoms. The van der Waals surface area contributed by atoms with Gasteiger partial charge in [0.25, 0.3) is 0 Å². The SMILES string of the molecule is CC(C)CONC(=O)C1CCC(C(F)(F)F)CC1. The largest absolute Gasteiger partial charge is 0.391 e. The highest BCUT2D eigenvalue weighted by Gasteiger charge is 2.42. The summed E-state index contributed by atoms with van der Waals surface area (Å²) < 4.78 is 37.3. The Kier molecular flexibility index (Phi) is 5.44. The summed E-state index contributed by atoms with van der Waals surface area (Å²) in [5, 5.41) is 0. The van der Waals surface area contributed by atoms with E-state index in [9.17, 15) is 18.0 Å². The lowest BCUT2D eigenvalue weighted by Crippen LogP contribution is -2.36. The number of alkyl halides is 3. The zero-order valence-corrected chi connectivity index (χ0v) is 10.7. The highest BCUT2D eigenvalue weighted by Crippen LogP contribution is 2.39. The molecule has 0 aliphatic heterocycles. The fraction of sp³-hybridized carbons (Fsp3) is 0.917. The molecule has 0 unspecified atom stereocenters. The van der Waals surface area contributed by atoms with Crippen molar-refractivity contribution >= 4 is 5.91 Å². The minimum absolute atomic E-state index is 0.0335. The summed E-state index contributed by atoms with van der Waals surface area (Å²) in [7, 11) is 0. The number of nitrogens with one attached hydrogen (secondary N) is 1. The highest BCUT2D eigenvalue weighted by atomic mass is 19.4. The molecule has 0 aromatic carbocycles. The van der Waals surface area contributed by atoms with E-state index in [-0.39, 0.29) is 37.5 Å². The number of hydrogen-bond donors (Lipinski definition) is 1. The van der Waals surface area contributed by atoms with Gasteiger partial charge in [-0.2, -0.15) is 13.2 Å². The number of rotatable bonds is 4. The minimum atomic E-state index is -4.13. The second-order valence-corrected chi connectivity index (χ2v) is 5.26. The molecule has 1 rings (SSSR count). The summed E-state index contributed by atoms with van der Waals surface area (Å²) in [6.45, 7) is 4.30. The second kappa shape index (κ2) is 6.41. The van der Waals surface area contributed by atoms with Gasteiger partial charge in [0.05, 0.1) is 12.5 Å². The first kappa shape index (κ1) is 15.3. The monoisotopic (exact) mass is 267 g/mol. The van der Waals surface area contributed by atoms with Gasteiger partial charge < -0.3 is 0 Å². The van der Waals surface area contributed by atoms with E-state index in [2.05, 4.69) is 5.48 Å². The lowest BCUT2D eigenvalue weighted by atomic mass is 9.81. The summed E-state index contributed by atoms with van der Waals surface area (Å²) in [4.78, 5) is 16.6. The molecule has 0 aromatic rings. The van der Waals surface area contributed by atoms with Crippen molar-refractivity contribution in [3.8, 4) is 0 Å². The van der Waals surface area contributed by atoms with Crippen LogP contribution in [0.1, 0.15) is 39.5 Å². The van der Waals surface area contributed by atoms with Gasteiger partial charge in [-0.15, -0.1) is 0 Å². The smallest absolute Gasteiger partial charge is 0.273 e. The number of hydroxylamine groups is 1. The highest BCUT2D eigenvalue weighted by molar-refractivity contribution is 5.77. The topological polar surface area (TPSA) is 38.3 Å². The number of carbonyl (C=O) groups excluding carboxylic acids is 1. The van der Waals surface area contributed by atoms with Gasteiger partial charge in [0.15, 0.2) is 0 Å². The molecule has 1 aliphatic carbocycles. The Morgan fingerprint density at radius 1 is 1.28 bits per heavy atom. The molecule has 6 heteroatoms. The Bertz CT molecular complexity index is 271. The maximum atomic E-state index is 12.4. The van der Waals surface area contributed by atoms with Gasteiger partial charge in [0, 0.05) is 5.92 Å². The molecule has 0 heterocycles. The van der Waals surface area contributed by atoms with E-state index in [1.807, 2.05) is 13.8 Å². The summed E-state index contributed by atoms with van der Waals surface area (Å²) >= 11 is 0. The molecule has 0 saturated heterocycles. The van der Waals surface area contributed by atoms with Gasteiger partial charge in [-0.1, -0.05) is 13.8 Å². The van der Waals surface area contributed by atoms with Crippen LogP contribution < -0.4 is 5.48 Å². The fourth-order valence-electron chi connectivity index (χ4n) is 2.05. The van der Waals surface area contributed by atoms with Crippen molar-refractivity contribution in [3.63, 3.8) is 0 Å². The molecule has 3 nitrogen and oxygen atoms in total. The fourth-order valence-corrected chi connectivity index (χ4v) is 2.05. The lowest BCUT2D eigenvalue weighted by molar-refractivity contribution is -0.185. The molecule has 1 fully saturated rings. The van der Waals surface area contributed by atoms with Gasteiger partial charge >= 0.3 is 6.18 Å². The zero-order chi connectivity index (χ0) is 13.8. The number of halogens is 3. The van der Waals surface area contributed by atoms with Crippen LogP contribution in [0.5, 0.6) is 0 Å². The molecular weight excluding hydrogens is 247 g/mol. The number of amides is 1. The van der Waals surface area contributed by atoms with Gasteiger partial charge in [-0.3, -0.25) is 9.63 Å². The summed E-state index contributed by atoms with van der Waals surface area (Å²) in [6, 6.07) is 0. The van der Waals surface area contributed by atoms with E-state index in [4.69, 9.17) is 4.84 Å². The third-order valence-electron chi connectivity index (χ3n) is 3.15. The van der Waals surface area contributed by atoms with E-state index in [1.165, 1.54) is 0 Å². The van der Waals surface area contributed by atoms with Gasteiger partial charge in [-0.25, -0.2) is 5.48 Å². The predicted molar refractivity (Wildman–Crippen MR) is 60.4 cm³/mol. The summed E-state index contributed by atoms with van der Waals surface area (Å²) in [6.07, 6.45) is -3.50. The van der Waals surface area contributed by atoms with Crippen LogP contribution in [0.4, 0.5) is 13.2 Å². The Morgan fingerprint density at radius 3 is 2.28 bits per heavy atom. The third kappa shape index (κ3) is 4.84. The van der Waals surface area contributed by atoms with Gasteiger partial charge in [0.1, 0.15) is 0 Å². The summed E-state index contributed by atoms with van der Waals surface area (Å²) in [5.74, 6) is -1.60. The van der Waals surface area contributed by atoms with Crippen LogP contribution in [0.3, 0.4) is 0 Å². The van der Waals surface area contributed by atoms with E-state index >= 15 is 0 Å². The quantitative estimate of drug-likeness (QED) is 0.795. The predicted octanol–water partition coefficient (Wildman–Crippen LogP) is 3.06. The maximum Gasteiger partial charge on any atom is 0.391 e. The molecule has 0 aromatic heterocycles. The normalized spacial score (nSPS) is 25.2. The molecular formula is C12H20F3NO2. The van der Waals surface area contributed by atoms with Crippen LogP contribution >= 0.6 is 0 Å². The maximum absolute atomic E-state index is 12.4. The van der Waals surface area contributed by atoms with Crippen molar-refractivity contribution in [1.82, 2.24) is 5.48 Å².